The van der Waals surface area contributed by atoms with Crippen LogP contribution in [-0.4, -0.2) is 37.2 Å². The molecular weight excluding hydrogens is 396 g/mol. The lowest BCUT2D eigenvalue weighted by atomic mass is 9.99. The molecule has 0 atom stereocenters. The van der Waals surface area contributed by atoms with Gasteiger partial charge in [-0.15, -0.1) is 0 Å². The van der Waals surface area contributed by atoms with Gasteiger partial charge in [0.2, 0.25) is 0 Å². The number of oxime groups is 2. The predicted molar refractivity (Wildman–Crippen MR) is 121 cm³/mol. The number of ether oxygens (including phenoxy) is 2. The first-order valence-corrected chi connectivity index (χ1v) is 9.91. The molecule has 0 amide bonds. The third-order valence-electron chi connectivity index (χ3n) is 4.33. The largest absolute Gasteiger partial charge is 0.487 e. The lowest BCUT2D eigenvalue weighted by Gasteiger charge is -2.23. The summed E-state index contributed by atoms with van der Waals surface area (Å²) >= 11 is 0. The summed E-state index contributed by atoms with van der Waals surface area (Å²) in [4.78, 5) is 22.7. The summed E-state index contributed by atoms with van der Waals surface area (Å²) in [6.45, 7) is 9.90. The van der Waals surface area contributed by atoms with Crippen LogP contribution in [0.1, 0.15) is 49.9 Å². The van der Waals surface area contributed by atoms with Gasteiger partial charge in [-0.3, -0.25) is 0 Å². The Morgan fingerprint density at radius 2 is 1.65 bits per heavy atom. The molecule has 0 spiro atoms. The minimum atomic E-state index is -0.596. The lowest BCUT2D eigenvalue weighted by Crippen LogP contribution is -2.24. The van der Waals surface area contributed by atoms with E-state index in [1.54, 1.807) is 6.07 Å². The summed E-state index contributed by atoms with van der Waals surface area (Å²) in [5.41, 5.74) is 3.51. The lowest BCUT2D eigenvalue weighted by molar-refractivity contribution is -0.132. The molecule has 0 aliphatic heterocycles. The Morgan fingerprint density at radius 3 is 2.29 bits per heavy atom. The molecule has 0 aliphatic rings. The molecule has 166 valence electrons. The van der Waals surface area contributed by atoms with Crippen molar-refractivity contribution in [3.05, 3.63) is 64.7 Å². The van der Waals surface area contributed by atoms with Gasteiger partial charge in [0.15, 0.2) is 5.71 Å². The number of esters is 1. The summed E-state index contributed by atoms with van der Waals surface area (Å²) in [6, 6.07) is 13.2. The van der Waals surface area contributed by atoms with Gasteiger partial charge >= 0.3 is 5.97 Å². The van der Waals surface area contributed by atoms with E-state index in [1.807, 2.05) is 71.0 Å². The summed E-state index contributed by atoms with van der Waals surface area (Å²) in [7, 11) is 2.67. The molecule has 0 bridgehead atoms. The first-order valence-electron chi connectivity index (χ1n) is 9.91. The molecule has 0 radical (unpaired) electrons. The zero-order valence-corrected chi connectivity index (χ0v) is 19.2. The Balaban J connectivity index is 2.30. The van der Waals surface area contributed by atoms with E-state index in [4.69, 9.17) is 19.1 Å². The number of benzene rings is 2. The first-order chi connectivity index (χ1) is 14.7. The molecule has 2 aromatic carbocycles. The van der Waals surface area contributed by atoms with Crippen molar-refractivity contribution >= 4 is 17.4 Å². The summed E-state index contributed by atoms with van der Waals surface area (Å²) < 4.78 is 10.9. The second-order valence-electron chi connectivity index (χ2n) is 7.88. The van der Waals surface area contributed by atoms with Crippen LogP contribution in [0.25, 0.3) is 0 Å². The van der Waals surface area contributed by atoms with Gasteiger partial charge < -0.3 is 19.1 Å². The van der Waals surface area contributed by atoms with Crippen LogP contribution < -0.4 is 4.74 Å². The van der Waals surface area contributed by atoms with Gasteiger partial charge in [0.25, 0.3) is 0 Å². The van der Waals surface area contributed by atoms with Crippen molar-refractivity contribution < 1.29 is 23.9 Å². The number of carbonyl (C=O) groups is 1. The van der Waals surface area contributed by atoms with Crippen LogP contribution in [0.4, 0.5) is 0 Å². The van der Waals surface area contributed by atoms with Crippen LogP contribution in [0.2, 0.25) is 0 Å². The quantitative estimate of drug-likeness (QED) is 0.349. The standard InChI is InChI=1S/C24H30N2O5/c1-16-11-10-13-19(22(26-29-7)23(27)28-6)20(16)15-30-25-17(2)18-12-8-9-14-21(18)31-24(3,4)5/h8-14H,15H2,1-7H3/b25-17+,26-22+. The van der Waals surface area contributed by atoms with Crippen LogP contribution in [0.5, 0.6) is 5.75 Å². The number of aryl methyl sites for hydroxylation is 1. The predicted octanol–water partition coefficient (Wildman–Crippen LogP) is 4.64. The van der Waals surface area contributed by atoms with E-state index in [0.717, 1.165) is 22.4 Å². The highest BCUT2D eigenvalue weighted by atomic mass is 16.6. The third kappa shape index (κ3) is 6.57. The Labute approximate surface area is 183 Å². The topological polar surface area (TPSA) is 78.7 Å². The molecule has 0 unspecified atom stereocenters. The molecular formula is C24H30N2O5. The molecule has 0 heterocycles. The Hall–Kier alpha value is -3.35. The van der Waals surface area contributed by atoms with Gasteiger partial charge in [-0.25, -0.2) is 4.79 Å². The van der Waals surface area contributed by atoms with Crippen LogP contribution in [-0.2, 0) is 25.8 Å². The number of hydrogen-bond acceptors (Lipinski definition) is 7. The highest BCUT2D eigenvalue weighted by Crippen LogP contribution is 2.24. The molecule has 2 aromatic rings. The highest BCUT2D eigenvalue weighted by Gasteiger charge is 2.21. The Kier molecular flexibility index (Phi) is 8.19. The molecule has 0 N–H and O–H groups in total. The molecule has 0 aromatic heterocycles. The van der Waals surface area contributed by atoms with Crippen molar-refractivity contribution in [1.29, 1.82) is 0 Å². The van der Waals surface area contributed by atoms with Crippen molar-refractivity contribution in [2.45, 2.75) is 46.8 Å². The second-order valence-corrected chi connectivity index (χ2v) is 7.88. The van der Waals surface area contributed by atoms with Crippen LogP contribution in [0, 0.1) is 6.92 Å². The average molecular weight is 427 g/mol. The van der Waals surface area contributed by atoms with E-state index in [2.05, 4.69) is 10.3 Å². The van der Waals surface area contributed by atoms with E-state index in [0.29, 0.717) is 11.3 Å². The second kappa shape index (κ2) is 10.6. The van der Waals surface area contributed by atoms with Crippen LogP contribution in [0.3, 0.4) is 0 Å². The zero-order chi connectivity index (χ0) is 23.0. The van der Waals surface area contributed by atoms with E-state index in [9.17, 15) is 4.79 Å². The molecule has 7 nitrogen and oxygen atoms in total. The summed E-state index contributed by atoms with van der Waals surface area (Å²) in [6.07, 6.45) is 0. The summed E-state index contributed by atoms with van der Waals surface area (Å²) in [5, 5.41) is 8.12. The SMILES string of the molecule is CO/N=C(/C(=O)OC)c1cccc(C)c1CO/N=C(\C)c1ccccc1OC(C)(C)C. The van der Waals surface area contributed by atoms with Crippen LogP contribution in [0.15, 0.2) is 52.8 Å². The monoisotopic (exact) mass is 426 g/mol. The van der Waals surface area contributed by atoms with Crippen molar-refractivity contribution in [2.75, 3.05) is 14.2 Å². The fourth-order valence-corrected chi connectivity index (χ4v) is 2.93. The number of methoxy groups -OCH3 is 1. The van der Waals surface area contributed by atoms with Gasteiger partial charge in [-0.1, -0.05) is 40.6 Å². The van der Waals surface area contributed by atoms with Crippen molar-refractivity contribution in [1.82, 2.24) is 0 Å². The third-order valence-corrected chi connectivity index (χ3v) is 4.33. The van der Waals surface area contributed by atoms with Gasteiger partial charge in [0, 0.05) is 16.7 Å². The van der Waals surface area contributed by atoms with Crippen molar-refractivity contribution in [3.63, 3.8) is 0 Å². The maximum absolute atomic E-state index is 12.2. The minimum absolute atomic E-state index is 0.0666. The molecule has 0 saturated carbocycles. The molecule has 0 saturated heterocycles. The van der Waals surface area contributed by atoms with E-state index < -0.39 is 5.97 Å². The zero-order valence-electron chi connectivity index (χ0n) is 19.2. The number of rotatable bonds is 8. The fourth-order valence-electron chi connectivity index (χ4n) is 2.93. The van der Waals surface area contributed by atoms with E-state index in [1.165, 1.54) is 14.2 Å². The maximum atomic E-state index is 12.2. The Morgan fingerprint density at radius 1 is 0.968 bits per heavy atom. The summed E-state index contributed by atoms with van der Waals surface area (Å²) in [5.74, 6) is 0.137. The first kappa shape index (κ1) is 23.9. The van der Waals surface area contributed by atoms with Crippen molar-refractivity contribution in [2.24, 2.45) is 10.3 Å². The normalized spacial score (nSPS) is 12.4. The highest BCUT2D eigenvalue weighted by molar-refractivity contribution is 6.43. The number of hydrogen-bond donors (Lipinski definition) is 0. The molecule has 7 heteroatoms. The number of carbonyl (C=O) groups excluding carboxylic acids is 1. The van der Waals surface area contributed by atoms with Gasteiger partial charge in [-0.2, -0.15) is 0 Å². The maximum Gasteiger partial charge on any atom is 0.360 e. The number of para-hydroxylation sites is 1. The van der Waals surface area contributed by atoms with Gasteiger partial charge in [0.1, 0.15) is 25.1 Å². The fraction of sp³-hybridized carbons (Fsp3) is 0.375. The van der Waals surface area contributed by atoms with Gasteiger partial charge in [-0.05, 0) is 52.3 Å². The molecule has 0 fully saturated rings. The van der Waals surface area contributed by atoms with E-state index >= 15 is 0 Å². The molecule has 0 aliphatic carbocycles. The average Bonchev–Trinajstić information content (AvgIpc) is 2.72. The van der Waals surface area contributed by atoms with Crippen LogP contribution >= 0.6 is 0 Å². The van der Waals surface area contributed by atoms with Gasteiger partial charge in [0.05, 0.1) is 12.8 Å². The number of nitrogens with zero attached hydrogens (tertiary/aromatic N) is 2. The molecule has 31 heavy (non-hydrogen) atoms. The van der Waals surface area contributed by atoms with E-state index in [-0.39, 0.29) is 17.9 Å². The molecule has 2 rings (SSSR count). The smallest absolute Gasteiger partial charge is 0.360 e. The minimum Gasteiger partial charge on any atom is -0.487 e. The Bertz CT molecular complexity index is 974. The van der Waals surface area contributed by atoms with Crippen molar-refractivity contribution in [3.8, 4) is 5.75 Å².